The predicted octanol–water partition coefficient (Wildman–Crippen LogP) is 5.07. The fourth-order valence-electron chi connectivity index (χ4n) is 1.99. The predicted molar refractivity (Wildman–Crippen MR) is 89.2 cm³/mol. The van der Waals surface area contributed by atoms with Crippen molar-refractivity contribution in [2.45, 2.75) is 26.5 Å². The van der Waals surface area contributed by atoms with Gasteiger partial charge in [0.2, 0.25) is 0 Å². The van der Waals surface area contributed by atoms with Gasteiger partial charge in [0.25, 0.3) is 0 Å². The first-order valence-corrected chi connectivity index (χ1v) is 7.81. The number of hydrogen-bond acceptors (Lipinski definition) is 2. The van der Waals surface area contributed by atoms with Gasteiger partial charge in [-0.25, -0.2) is 0 Å². The van der Waals surface area contributed by atoms with Crippen LogP contribution in [0.25, 0.3) is 0 Å². The molecule has 2 aromatic carbocycles. The maximum Gasteiger partial charge on any atom is 0.156 e. The SMILES string of the molecule is CCCNCc1cc(Cl)c(OCc2ccccc2)c(Cl)c1. The molecular formula is C17H19Cl2NO. The summed E-state index contributed by atoms with van der Waals surface area (Å²) in [5.41, 5.74) is 2.14. The highest BCUT2D eigenvalue weighted by atomic mass is 35.5. The standard InChI is InChI=1S/C17H19Cl2NO/c1-2-8-20-11-14-9-15(18)17(16(19)10-14)21-12-13-6-4-3-5-7-13/h3-7,9-10,20H,2,8,11-12H2,1H3. The van der Waals surface area contributed by atoms with Gasteiger partial charge in [-0.05, 0) is 36.2 Å². The lowest BCUT2D eigenvalue weighted by Gasteiger charge is -2.12. The van der Waals surface area contributed by atoms with Gasteiger partial charge in [0.1, 0.15) is 6.61 Å². The summed E-state index contributed by atoms with van der Waals surface area (Å²) in [6, 6.07) is 13.7. The lowest BCUT2D eigenvalue weighted by Crippen LogP contribution is -2.13. The van der Waals surface area contributed by atoms with Crippen molar-refractivity contribution in [2.75, 3.05) is 6.54 Å². The first-order valence-electron chi connectivity index (χ1n) is 7.06. The summed E-state index contributed by atoms with van der Waals surface area (Å²) in [6.07, 6.45) is 1.10. The Hall–Kier alpha value is -1.22. The topological polar surface area (TPSA) is 21.3 Å². The van der Waals surface area contributed by atoms with E-state index in [-0.39, 0.29) is 0 Å². The molecular weight excluding hydrogens is 305 g/mol. The van der Waals surface area contributed by atoms with Crippen molar-refractivity contribution in [1.29, 1.82) is 0 Å². The van der Waals surface area contributed by atoms with E-state index >= 15 is 0 Å². The van der Waals surface area contributed by atoms with Crippen molar-refractivity contribution < 1.29 is 4.74 Å². The molecule has 0 unspecified atom stereocenters. The van der Waals surface area contributed by atoms with Crippen LogP contribution in [0.1, 0.15) is 24.5 Å². The molecule has 0 aliphatic rings. The number of rotatable bonds is 7. The fraction of sp³-hybridized carbons (Fsp3) is 0.294. The van der Waals surface area contributed by atoms with Crippen molar-refractivity contribution in [2.24, 2.45) is 0 Å². The Morgan fingerprint density at radius 3 is 2.29 bits per heavy atom. The maximum atomic E-state index is 6.28. The zero-order chi connectivity index (χ0) is 15.1. The molecule has 0 heterocycles. The van der Waals surface area contributed by atoms with Crippen LogP contribution >= 0.6 is 23.2 Å². The highest BCUT2D eigenvalue weighted by Gasteiger charge is 2.10. The van der Waals surface area contributed by atoms with Crippen molar-refractivity contribution in [3.8, 4) is 5.75 Å². The number of nitrogens with one attached hydrogen (secondary N) is 1. The Kier molecular flexibility index (Phi) is 6.37. The minimum Gasteiger partial charge on any atom is -0.486 e. The van der Waals surface area contributed by atoms with Crippen LogP contribution in [0.15, 0.2) is 42.5 Å². The van der Waals surface area contributed by atoms with Crippen LogP contribution < -0.4 is 10.1 Å². The van der Waals surface area contributed by atoms with Crippen LogP contribution in [0.3, 0.4) is 0 Å². The highest BCUT2D eigenvalue weighted by Crippen LogP contribution is 2.34. The van der Waals surface area contributed by atoms with Gasteiger partial charge >= 0.3 is 0 Å². The summed E-state index contributed by atoms with van der Waals surface area (Å²) in [5, 5.41) is 4.42. The third-order valence-corrected chi connectivity index (χ3v) is 3.60. The molecule has 21 heavy (non-hydrogen) atoms. The van der Waals surface area contributed by atoms with Crippen LogP contribution in [-0.2, 0) is 13.2 Å². The van der Waals surface area contributed by atoms with E-state index in [9.17, 15) is 0 Å². The molecule has 0 spiro atoms. The number of hydrogen-bond donors (Lipinski definition) is 1. The third-order valence-electron chi connectivity index (χ3n) is 3.04. The normalized spacial score (nSPS) is 10.6. The molecule has 0 saturated heterocycles. The van der Waals surface area contributed by atoms with Gasteiger partial charge in [-0.1, -0.05) is 60.5 Å². The van der Waals surface area contributed by atoms with E-state index in [1.807, 2.05) is 42.5 Å². The summed E-state index contributed by atoms with van der Waals surface area (Å²) in [7, 11) is 0. The zero-order valence-corrected chi connectivity index (χ0v) is 13.5. The molecule has 0 radical (unpaired) electrons. The lowest BCUT2D eigenvalue weighted by atomic mass is 10.2. The largest absolute Gasteiger partial charge is 0.486 e. The Balaban J connectivity index is 2.03. The van der Waals surface area contributed by atoms with E-state index < -0.39 is 0 Å². The van der Waals surface area contributed by atoms with E-state index in [1.165, 1.54) is 0 Å². The molecule has 2 aromatic rings. The highest BCUT2D eigenvalue weighted by molar-refractivity contribution is 6.37. The number of halogens is 2. The number of benzene rings is 2. The van der Waals surface area contributed by atoms with Gasteiger partial charge in [0.05, 0.1) is 10.0 Å². The Labute approximate surface area is 136 Å². The molecule has 2 nitrogen and oxygen atoms in total. The summed E-state index contributed by atoms with van der Waals surface area (Å²) in [5.74, 6) is 0.543. The average molecular weight is 324 g/mol. The van der Waals surface area contributed by atoms with E-state index in [1.54, 1.807) is 0 Å². The third kappa shape index (κ3) is 4.92. The second kappa shape index (κ2) is 8.28. The van der Waals surface area contributed by atoms with Crippen LogP contribution in [0.5, 0.6) is 5.75 Å². The van der Waals surface area contributed by atoms with Gasteiger partial charge < -0.3 is 10.1 Å². The van der Waals surface area contributed by atoms with E-state index in [0.717, 1.165) is 30.6 Å². The molecule has 0 aromatic heterocycles. The Morgan fingerprint density at radius 2 is 1.67 bits per heavy atom. The van der Waals surface area contributed by atoms with Gasteiger partial charge in [-0.2, -0.15) is 0 Å². The van der Waals surface area contributed by atoms with Crippen LogP contribution in [-0.4, -0.2) is 6.54 Å². The number of ether oxygens (including phenoxy) is 1. The molecule has 0 aliphatic carbocycles. The Bertz CT molecular complexity index is 549. The zero-order valence-electron chi connectivity index (χ0n) is 12.0. The van der Waals surface area contributed by atoms with Crippen LogP contribution in [0, 0.1) is 0 Å². The molecule has 2 rings (SSSR count). The van der Waals surface area contributed by atoms with E-state index in [4.69, 9.17) is 27.9 Å². The minimum absolute atomic E-state index is 0.452. The molecule has 0 saturated carbocycles. The summed E-state index contributed by atoms with van der Waals surface area (Å²) in [6.45, 7) is 4.31. The minimum atomic E-state index is 0.452. The maximum absolute atomic E-state index is 6.28. The van der Waals surface area contributed by atoms with Gasteiger partial charge in [-0.3, -0.25) is 0 Å². The van der Waals surface area contributed by atoms with Crippen molar-refractivity contribution in [3.63, 3.8) is 0 Å². The molecule has 0 aliphatic heterocycles. The van der Waals surface area contributed by atoms with Crippen molar-refractivity contribution in [3.05, 3.63) is 63.6 Å². The summed E-state index contributed by atoms with van der Waals surface area (Å²) in [4.78, 5) is 0. The Morgan fingerprint density at radius 1 is 1.00 bits per heavy atom. The van der Waals surface area contributed by atoms with Crippen molar-refractivity contribution >= 4 is 23.2 Å². The quantitative estimate of drug-likeness (QED) is 0.718. The molecule has 0 bridgehead atoms. The van der Waals surface area contributed by atoms with Gasteiger partial charge in [-0.15, -0.1) is 0 Å². The van der Waals surface area contributed by atoms with Crippen LogP contribution in [0.4, 0.5) is 0 Å². The van der Waals surface area contributed by atoms with Gasteiger partial charge in [0, 0.05) is 6.54 Å². The average Bonchev–Trinajstić information content (AvgIpc) is 2.48. The van der Waals surface area contributed by atoms with E-state index in [2.05, 4.69) is 12.2 Å². The smallest absolute Gasteiger partial charge is 0.156 e. The summed E-state index contributed by atoms with van der Waals surface area (Å²) < 4.78 is 5.75. The monoisotopic (exact) mass is 323 g/mol. The lowest BCUT2D eigenvalue weighted by molar-refractivity contribution is 0.306. The second-order valence-electron chi connectivity index (χ2n) is 4.84. The molecule has 0 atom stereocenters. The molecule has 0 fully saturated rings. The van der Waals surface area contributed by atoms with Crippen molar-refractivity contribution in [1.82, 2.24) is 5.32 Å². The molecule has 4 heteroatoms. The molecule has 1 N–H and O–H groups in total. The molecule has 112 valence electrons. The van der Waals surface area contributed by atoms with Crippen LogP contribution in [0.2, 0.25) is 10.0 Å². The second-order valence-corrected chi connectivity index (χ2v) is 5.65. The first kappa shape index (κ1) is 16.2. The van der Waals surface area contributed by atoms with Gasteiger partial charge in [0.15, 0.2) is 5.75 Å². The molecule has 0 amide bonds. The first-order chi connectivity index (χ1) is 10.2. The summed E-state index contributed by atoms with van der Waals surface area (Å²) >= 11 is 12.6. The van der Waals surface area contributed by atoms with E-state index in [0.29, 0.717) is 22.4 Å². The fourth-order valence-corrected chi connectivity index (χ4v) is 2.63.